The molecule has 2 amide bonds. The van der Waals surface area contributed by atoms with E-state index in [1.54, 1.807) is 42.5 Å². The first-order valence-corrected chi connectivity index (χ1v) is 12.0. The summed E-state index contributed by atoms with van der Waals surface area (Å²) < 4.78 is 2.63. The lowest BCUT2D eigenvalue weighted by molar-refractivity contribution is -0.120. The van der Waals surface area contributed by atoms with Crippen molar-refractivity contribution >= 4 is 44.7 Å². The van der Waals surface area contributed by atoms with Gasteiger partial charge >= 0.3 is 0 Å². The van der Waals surface area contributed by atoms with Crippen molar-refractivity contribution in [1.82, 2.24) is 19.7 Å². The Morgan fingerprint density at radius 2 is 1.76 bits per heavy atom. The molecule has 1 aliphatic rings. The van der Waals surface area contributed by atoms with E-state index in [4.69, 9.17) is 4.98 Å². The zero-order valence-electron chi connectivity index (χ0n) is 18.6. The number of carbonyl (C=O) groups is 2. The molecule has 4 aromatic rings. The Labute approximate surface area is 200 Å². The number of fused-ring (bicyclic) bond motifs is 1. The van der Waals surface area contributed by atoms with Gasteiger partial charge in [0, 0.05) is 17.3 Å². The Hall–Kier alpha value is -3.85. The van der Waals surface area contributed by atoms with E-state index in [1.165, 1.54) is 17.3 Å². The predicted molar refractivity (Wildman–Crippen MR) is 133 cm³/mol. The van der Waals surface area contributed by atoms with Crippen LogP contribution in [0.3, 0.4) is 0 Å². The molecule has 0 radical (unpaired) electrons. The van der Waals surface area contributed by atoms with E-state index in [2.05, 4.69) is 38.9 Å². The molecule has 1 aliphatic carbocycles. The zero-order valence-corrected chi connectivity index (χ0v) is 19.4. The summed E-state index contributed by atoms with van der Waals surface area (Å²) in [7, 11) is 0. The number of carbonyl (C=O) groups excluding carboxylic acids is 2. The summed E-state index contributed by atoms with van der Waals surface area (Å²) in [5.74, 6) is -0.354. The van der Waals surface area contributed by atoms with Gasteiger partial charge in [-0.3, -0.25) is 9.59 Å². The van der Waals surface area contributed by atoms with Gasteiger partial charge in [0.05, 0.1) is 21.1 Å². The van der Waals surface area contributed by atoms with Crippen molar-refractivity contribution in [2.24, 2.45) is 5.92 Å². The summed E-state index contributed by atoms with van der Waals surface area (Å²) in [6.07, 6.45) is 8.59. The van der Waals surface area contributed by atoms with Crippen LogP contribution in [0.25, 0.3) is 10.2 Å². The minimum atomic E-state index is -0.485. The van der Waals surface area contributed by atoms with Gasteiger partial charge < -0.3 is 10.6 Å². The molecule has 34 heavy (non-hydrogen) atoms. The molecule has 172 valence electrons. The summed E-state index contributed by atoms with van der Waals surface area (Å²) in [6, 6.07) is 14.7. The quantitative estimate of drug-likeness (QED) is 0.394. The molecule has 2 aromatic heterocycles. The summed E-state index contributed by atoms with van der Waals surface area (Å²) in [5.41, 5.74) is 2.31. The molecule has 2 N–H and O–H groups in total. The van der Waals surface area contributed by atoms with Gasteiger partial charge in [-0.05, 0) is 56.2 Å². The molecule has 3 atom stereocenters. The van der Waals surface area contributed by atoms with E-state index in [-0.39, 0.29) is 23.7 Å². The van der Waals surface area contributed by atoms with Gasteiger partial charge in [-0.15, -0.1) is 11.3 Å². The smallest absolute Gasteiger partial charge is 0.249 e. The molecule has 5 rings (SSSR count). The molecule has 2 aromatic carbocycles. The fourth-order valence-electron chi connectivity index (χ4n) is 4.08. The van der Waals surface area contributed by atoms with Crippen LogP contribution in [0.4, 0.5) is 11.4 Å². The van der Waals surface area contributed by atoms with Crippen molar-refractivity contribution in [3.63, 3.8) is 0 Å². The van der Waals surface area contributed by atoms with Crippen molar-refractivity contribution in [2.45, 2.75) is 31.7 Å². The average molecular weight is 473 g/mol. The van der Waals surface area contributed by atoms with E-state index >= 15 is 0 Å². The second-order valence-electron chi connectivity index (χ2n) is 8.28. The molecular weight excluding hydrogens is 448 g/mol. The highest BCUT2D eigenvalue weighted by atomic mass is 32.1. The van der Waals surface area contributed by atoms with E-state index in [9.17, 15) is 9.59 Å². The molecule has 0 spiro atoms. The number of rotatable bonds is 6. The second-order valence-corrected chi connectivity index (χ2v) is 9.35. The first-order valence-electron chi connectivity index (χ1n) is 11.1. The number of hydrogen-bond acceptors (Lipinski definition) is 6. The first kappa shape index (κ1) is 22.0. The number of para-hydroxylation sites is 1. The van der Waals surface area contributed by atoms with Crippen LogP contribution < -0.4 is 10.6 Å². The van der Waals surface area contributed by atoms with Gasteiger partial charge in [0.25, 0.3) is 0 Å². The van der Waals surface area contributed by atoms with Gasteiger partial charge in [-0.2, -0.15) is 5.10 Å². The lowest BCUT2D eigenvalue weighted by Gasteiger charge is -2.26. The predicted octanol–water partition coefficient (Wildman–Crippen LogP) is 4.78. The largest absolute Gasteiger partial charge is 0.326 e. The van der Waals surface area contributed by atoms with Crippen LogP contribution in [0.15, 0.2) is 73.3 Å². The lowest BCUT2D eigenvalue weighted by atomic mass is 9.82. The average Bonchev–Trinajstić information content (AvgIpc) is 3.55. The Morgan fingerprint density at radius 3 is 2.50 bits per heavy atom. The maximum atomic E-state index is 13.2. The number of nitrogens with zero attached hydrogens (tertiary/aromatic N) is 4. The van der Waals surface area contributed by atoms with Gasteiger partial charge in [0.15, 0.2) is 0 Å². The number of thiazole rings is 1. The third-order valence-electron chi connectivity index (χ3n) is 6.03. The summed E-state index contributed by atoms with van der Waals surface area (Å²) in [6.45, 7) is 1.75. The van der Waals surface area contributed by atoms with Crippen molar-refractivity contribution in [3.05, 3.63) is 78.3 Å². The number of anilines is 2. The number of nitrogens with one attached hydrogen (secondary N) is 2. The van der Waals surface area contributed by atoms with Crippen LogP contribution in [0.1, 0.15) is 36.7 Å². The van der Waals surface area contributed by atoms with Crippen molar-refractivity contribution in [1.29, 1.82) is 0 Å². The van der Waals surface area contributed by atoms with Crippen LogP contribution in [-0.4, -0.2) is 31.6 Å². The normalized spacial score (nSPS) is 18.5. The Kier molecular flexibility index (Phi) is 6.18. The molecule has 0 fully saturated rings. The minimum Gasteiger partial charge on any atom is -0.326 e. The van der Waals surface area contributed by atoms with Gasteiger partial charge in [0.1, 0.15) is 18.7 Å². The first-order chi connectivity index (χ1) is 16.6. The number of allylic oxidation sites excluding steroid dienone is 2. The molecule has 2 heterocycles. The molecular formula is C25H24N6O2S. The molecule has 0 bridgehead atoms. The van der Waals surface area contributed by atoms with E-state index in [1.807, 2.05) is 18.2 Å². The van der Waals surface area contributed by atoms with Crippen molar-refractivity contribution < 1.29 is 9.59 Å². The lowest BCUT2D eigenvalue weighted by Crippen LogP contribution is -2.29. The van der Waals surface area contributed by atoms with Crippen LogP contribution >= 0.6 is 11.3 Å². The molecule has 0 saturated carbocycles. The second kappa shape index (κ2) is 9.56. The topological polar surface area (TPSA) is 102 Å². The third kappa shape index (κ3) is 4.60. The number of aromatic nitrogens is 4. The fraction of sp³-hybridized carbons (Fsp3) is 0.240. The Bertz CT molecular complexity index is 1300. The summed E-state index contributed by atoms with van der Waals surface area (Å²) in [4.78, 5) is 34.3. The molecule has 9 heteroatoms. The Balaban J connectivity index is 1.25. The highest BCUT2D eigenvalue weighted by Crippen LogP contribution is 2.39. The van der Waals surface area contributed by atoms with Gasteiger partial charge in [-0.1, -0.05) is 24.3 Å². The number of hydrogen-bond donors (Lipinski definition) is 2. The fourth-order valence-corrected chi connectivity index (χ4v) is 5.23. The van der Waals surface area contributed by atoms with Crippen LogP contribution in [0, 0.1) is 5.92 Å². The highest BCUT2D eigenvalue weighted by molar-refractivity contribution is 7.18. The standard InChI is InChI=1S/C25H24N6O2S/c1-16(31-15-26-14-27-31)23(32)28-17-10-12-18(13-11-17)29-24(33)19-6-2-3-7-20(19)25-30-21-8-4-5-9-22(21)34-25/h2-5,8-16,19-20H,6-7H2,1H3,(H,28,32)(H,29,33). The summed E-state index contributed by atoms with van der Waals surface area (Å²) in [5, 5.41) is 10.9. The SMILES string of the molecule is CC(C(=O)Nc1ccc(NC(=O)C2CC=CCC2c2nc3ccccc3s2)cc1)n1cncn1. The minimum absolute atomic E-state index is 0.0230. The molecule has 3 unspecified atom stereocenters. The van der Waals surface area contributed by atoms with Crippen LogP contribution in [0.2, 0.25) is 0 Å². The highest BCUT2D eigenvalue weighted by Gasteiger charge is 2.32. The van der Waals surface area contributed by atoms with Crippen LogP contribution in [-0.2, 0) is 9.59 Å². The van der Waals surface area contributed by atoms with Crippen molar-refractivity contribution in [2.75, 3.05) is 10.6 Å². The monoisotopic (exact) mass is 472 g/mol. The Morgan fingerprint density at radius 1 is 1.03 bits per heavy atom. The van der Waals surface area contributed by atoms with Gasteiger partial charge in [0.2, 0.25) is 11.8 Å². The van der Waals surface area contributed by atoms with Crippen LogP contribution in [0.5, 0.6) is 0 Å². The van der Waals surface area contributed by atoms with E-state index in [0.29, 0.717) is 17.8 Å². The van der Waals surface area contributed by atoms with E-state index in [0.717, 1.165) is 21.6 Å². The molecule has 0 saturated heterocycles. The maximum Gasteiger partial charge on any atom is 0.249 e. The molecule has 8 nitrogen and oxygen atoms in total. The van der Waals surface area contributed by atoms with E-state index < -0.39 is 6.04 Å². The maximum absolute atomic E-state index is 13.2. The molecule has 0 aliphatic heterocycles. The number of benzene rings is 2. The third-order valence-corrected chi connectivity index (χ3v) is 7.20. The van der Waals surface area contributed by atoms with Gasteiger partial charge in [-0.25, -0.2) is 14.6 Å². The zero-order chi connectivity index (χ0) is 23.5. The summed E-state index contributed by atoms with van der Waals surface area (Å²) >= 11 is 1.66. The number of amides is 2. The van der Waals surface area contributed by atoms with Crippen molar-refractivity contribution in [3.8, 4) is 0 Å².